The number of aromatic nitrogens is 3. The van der Waals surface area contributed by atoms with E-state index in [4.69, 9.17) is 4.74 Å². The number of nitrogens with zero attached hydrogens (tertiary/aromatic N) is 4. The molecule has 212 valence electrons. The number of carbonyl (C=O) groups excluding carboxylic acids is 1. The summed E-state index contributed by atoms with van der Waals surface area (Å²) >= 11 is 0. The Hall–Kier alpha value is -4.68. The lowest BCUT2D eigenvalue weighted by molar-refractivity contribution is -0.286. The highest BCUT2D eigenvalue weighted by molar-refractivity contribution is 6.06. The van der Waals surface area contributed by atoms with Gasteiger partial charge in [-0.15, -0.1) is 8.78 Å². The quantitative estimate of drug-likeness (QED) is 0.260. The molecule has 41 heavy (non-hydrogen) atoms. The van der Waals surface area contributed by atoms with Crippen molar-refractivity contribution in [2.24, 2.45) is 0 Å². The van der Waals surface area contributed by atoms with E-state index >= 15 is 0 Å². The van der Waals surface area contributed by atoms with E-state index in [1.54, 1.807) is 24.3 Å². The summed E-state index contributed by atoms with van der Waals surface area (Å²) in [7, 11) is 1.43. The van der Waals surface area contributed by atoms with Gasteiger partial charge in [0.05, 0.1) is 11.4 Å². The Morgan fingerprint density at radius 1 is 1.07 bits per heavy atom. The second-order valence-corrected chi connectivity index (χ2v) is 9.50. The minimum absolute atomic E-state index is 0.0377. The van der Waals surface area contributed by atoms with E-state index in [0.717, 1.165) is 0 Å². The molecule has 13 heteroatoms. The van der Waals surface area contributed by atoms with Crippen molar-refractivity contribution in [2.75, 3.05) is 11.9 Å². The minimum Gasteiger partial charge on any atom is -0.468 e. The molecular weight excluding hydrogens is 551 g/mol. The zero-order valence-electron chi connectivity index (χ0n) is 21.4. The molecule has 2 aromatic heterocycles. The fourth-order valence-electron chi connectivity index (χ4n) is 4.97. The van der Waals surface area contributed by atoms with Gasteiger partial charge in [-0.3, -0.25) is 4.79 Å². The molecule has 1 aliphatic carbocycles. The maximum Gasteiger partial charge on any atom is 0.586 e. The first-order chi connectivity index (χ1) is 19.5. The average molecular weight is 572 g/mol. The van der Waals surface area contributed by atoms with Gasteiger partial charge in [-0.2, -0.15) is 18.3 Å². The van der Waals surface area contributed by atoms with Crippen LogP contribution in [0.1, 0.15) is 46.3 Å². The molecule has 2 aromatic carbocycles. The molecule has 1 aliphatic heterocycles. The number of benzene rings is 2. The Labute approximate surface area is 229 Å². The number of amides is 1. The van der Waals surface area contributed by atoms with E-state index in [1.165, 1.54) is 59.2 Å². The third kappa shape index (κ3) is 5.03. The number of alkyl halides is 5. The molecule has 0 bridgehead atoms. The molecule has 0 spiro atoms. The lowest BCUT2D eigenvalue weighted by Gasteiger charge is -2.25. The van der Waals surface area contributed by atoms with Crippen LogP contribution in [0.3, 0.4) is 0 Å². The third-order valence-corrected chi connectivity index (χ3v) is 6.81. The summed E-state index contributed by atoms with van der Waals surface area (Å²) < 4.78 is 85.0. The third-order valence-electron chi connectivity index (χ3n) is 6.81. The number of ether oxygens (including phenoxy) is 3. The first-order valence-electron chi connectivity index (χ1n) is 12.6. The van der Waals surface area contributed by atoms with Crippen LogP contribution >= 0.6 is 0 Å². The van der Waals surface area contributed by atoms with Gasteiger partial charge in [0.1, 0.15) is 6.10 Å². The van der Waals surface area contributed by atoms with Crippen molar-refractivity contribution in [1.29, 1.82) is 0 Å². The van der Waals surface area contributed by atoms with E-state index in [-0.39, 0.29) is 52.0 Å². The standard InChI is InChI=1S/C28H21F5N4O4/c1-36(17-11-12-20-22(15-17)41-28(32,33)40-20)26(38)16-6-4-7-18(14-16)37-24-19(25(35-37)27(29,30)31)8-5-9-21(24)39-23-10-2-3-13-34-23/h2-4,6-7,10-15,21H,5,8-9H2,1H3/t21-/m1/s1. The maximum atomic E-state index is 14.0. The van der Waals surface area contributed by atoms with Crippen molar-refractivity contribution in [3.8, 4) is 23.1 Å². The van der Waals surface area contributed by atoms with Crippen LogP contribution in [-0.4, -0.2) is 34.0 Å². The minimum atomic E-state index is -4.70. The predicted molar refractivity (Wildman–Crippen MR) is 134 cm³/mol. The van der Waals surface area contributed by atoms with Gasteiger partial charge >= 0.3 is 12.5 Å². The maximum absolute atomic E-state index is 14.0. The summed E-state index contributed by atoms with van der Waals surface area (Å²) in [6, 6.07) is 14.9. The second kappa shape index (κ2) is 9.75. The topological polar surface area (TPSA) is 78.7 Å². The average Bonchev–Trinajstić information content (AvgIpc) is 3.49. The second-order valence-electron chi connectivity index (χ2n) is 9.50. The molecular formula is C28H21F5N4O4. The highest BCUT2D eigenvalue weighted by Gasteiger charge is 2.44. The fraction of sp³-hybridized carbons (Fsp3) is 0.250. The van der Waals surface area contributed by atoms with E-state index in [1.807, 2.05) is 0 Å². The van der Waals surface area contributed by atoms with Gasteiger partial charge in [0.15, 0.2) is 17.2 Å². The number of hydrogen-bond donors (Lipinski definition) is 0. The van der Waals surface area contributed by atoms with Crippen LogP contribution < -0.4 is 19.1 Å². The molecule has 1 amide bonds. The lowest BCUT2D eigenvalue weighted by Crippen LogP contribution is -2.26. The number of carbonyl (C=O) groups is 1. The first kappa shape index (κ1) is 26.5. The fourth-order valence-corrected chi connectivity index (χ4v) is 4.97. The molecule has 8 nitrogen and oxygen atoms in total. The smallest absolute Gasteiger partial charge is 0.468 e. The number of hydrogen-bond acceptors (Lipinski definition) is 6. The Morgan fingerprint density at radius 2 is 1.88 bits per heavy atom. The molecule has 0 fully saturated rings. The summed E-state index contributed by atoms with van der Waals surface area (Å²) in [5.41, 5.74) is -0.144. The highest BCUT2D eigenvalue weighted by Crippen LogP contribution is 2.44. The van der Waals surface area contributed by atoms with E-state index in [2.05, 4.69) is 19.6 Å². The molecule has 2 aliphatic rings. The van der Waals surface area contributed by atoms with E-state index < -0.39 is 30.2 Å². The van der Waals surface area contributed by atoms with Gasteiger partial charge in [-0.05, 0) is 55.7 Å². The summed E-state index contributed by atoms with van der Waals surface area (Å²) in [6.45, 7) is 0. The zero-order valence-corrected chi connectivity index (χ0v) is 21.4. The van der Waals surface area contributed by atoms with Gasteiger partial charge < -0.3 is 19.1 Å². The van der Waals surface area contributed by atoms with E-state index in [0.29, 0.717) is 12.8 Å². The molecule has 4 aromatic rings. The predicted octanol–water partition coefficient (Wildman–Crippen LogP) is 6.34. The normalized spacial score (nSPS) is 17.2. The van der Waals surface area contributed by atoms with Crippen LogP contribution in [0.2, 0.25) is 0 Å². The first-order valence-corrected chi connectivity index (χ1v) is 12.6. The Bertz CT molecular complexity index is 1620. The molecule has 0 saturated carbocycles. The number of halogens is 5. The number of pyridine rings is 1. The summed E-state index contributed by atoms with van der Waals surface area (Å²) in [4.78, 5) is 18.7. The summed E-state index contributed by atoms with van der Waals surface area (Å²) in [5.74, 6) is -0.690. The van der Waals surface area contributed by atoms with Crippen LogP contribution in [0.5, 0.6) is 17.4 Å². The number of fused-ring (bicyclic) bond motifs is 2. The van der Waals surface area contributed by atoms with Crippen LogP contribution in [0.4, 0.5) is 27.6 Å². The largest absolute Gasteiger partial charge is 0.586 e. The van der Waals surface area contributed by atoms with Crippen LogP contribution in [0.15, 0.2) is 66.9 Å². The summed E-state index contributed by atoms with van der Waals surface area (Å²) in [5, 5.41) is 3.95. The number of anilines is 1. The molecule has 0 N–H and O–H groups in total. The molecule has 0 unspecified atom stereocenters. The Balaban J connectivity index is 1.36. The SMILES string of the molecule is CN(C(=O)c1cccc(-n2nc(C(F)(F)F)c3c2[C@H](Oc2ccccn2)CCC3)c1)c1ccc2c(c1)OC(F)(F)O2. The molecule has 1 atom stereocenters. The Kier molecular flexibility index (Phi) is 6.31. The van der Waals surface area contributed by atoms with Crippen LogP contribution in [0.25, 0.3) is 5.69 Å². The molecule has 6 rings (SSSR count). The lowest BCUT2D eigenvalue weighted by atomic mass is 9.93. The summed E-state index contributed by atoms with van der Waals surface area (Å²) in [6.07, 6.45) is -6.68. The van der Waals surface area contributed by atoms with Crippen molar-refractivity contribution < 1.29 is 41.0 Å². The Morgan fingerprint density at radius 3 is 2.63 bits per heavy atom. The van der Waals surface area contributed by atoms with Crippen molar-refractivity contribution in [2.45, 2.75) is 37.8 Å². The van der Waals surface area contributed by atoms with Gasteiger partial charge in [0.25, 0.3) is 5.91 Å². The van der Waals surface area contributed by atoms with Gasteiger partial charge in [0.2, 0.25) is 5.88 Å². The monoisotopic (exact) mass is 572 g/mol. The van der Waals surface area contributed by atoms with Crippen molar-refractivity contribution in [1.82, 2.24) is 14.8 Å². The van der Waals surface area contributed by atoms with Crippen LogP contribution in [0, 0.1) is 0 Å². The zero-order chi connectivity index (χ0) is 28.9. The molecule has 0 saturated heterocycles. The van der Waals surface area contributed by atoms with Gasteiger partial charge in [0, 0.05) is 42.2 Å². The molecule has 0 radical (unpaired) electrons. The van der Waals surface area contributed by atoms with Crippen molar-refractivity contribution in [3.63, 3.8) is 0 Å². The molecule has 3 heterocycles. The van der Waals surface area contributed by atoms with Gasteiger partial charge in [-0.25, -0.2) is 9.67 Å². The van der Waals surface area contributed by atoms with E-state index in [9.17, 15) is 26.7 Å². The van der Waals surface area contributed by atoms with Gasteiger partial charge in [-0.1, -0.05) is 12.1 Å². The van der Waals surface area contributed by atoms with Crippen molar-refractivity contribution >= 4 is 11.6 Å². The van der Waals surface area contributed by atoms with Crippen molar-refractivity contribution in [3.05, 3.63) is 89.4 Å². The highest BCUT2D eigenvalue weighted by atomic mass is 19.4. The number of rotatable bonds is 5. The van der Waals surface area contributed by atoms with Crippen LogP contribution in [-0.2, 0) is 12.6 Å².